The SMILES string of the molecule is CCOC(=O)C(O)CC(=O)C(=O)C(C)O. The van der Waals surface area contributed by atoms with Gasteiger partial charge >= 0.3 is 5.97 Å². The molecule has 0 spiro atoms. The Morgan fingerprint density at radius 1 is 1.27 bits per heavy atom. The average Bonchev–Trinajstić information content (AvgIpc) is 2.16. The normalized spacial score (nSPS) is 14.1. The molecule has 6 heteroatoms. The standard InChI is InChI=1S/C9H14O6/c1-3-15-9(14)7(12)4-6(11)8(13)5(2)10/h5,7,10,12H,3-4H2,1-2H3. The summed E-state index contributed by atoms with van der Waals surface area (Å²) >= 11 is 0. The molecule has 0 saturated heterocycles. The first-order chi connectivity index (χ1) is 6.90. The van der Waals surface area contributed by atoms with Crippen molar-refractivity contribution >= 4 is 17.5 Å². The molecule has 0 radical (unpaired) electrons. The highest BCUT2D eigenvalue weighted by Gasteiger charge is 2.26. The minimum absolute atomic E-state index is 0.0778. The molecule has 0 aromatic heterocycles. The number of aliphatic hydroxyl groups excluding tert-OH is 2. The molecular weight excluding hydrogens is 204 g/mol. The number of carbonyl (C=O) groups excluding carboxylic acids is 3. The Labute approximate surface area is 86.8 Å². The van der Waals surface area contributed by atoms with Gasteiger partial charge in [0.15, 0.2) is 6.10 Å². The fourth-order valence-electron chi connectivity index (χ4n) is 0.831. The maximum absolute atomic E-state index is 11.0. The highest BCUT2D eigenvalue weighted by molar-refractivity contribution is 6.39. The highest BCUT2D eigenvalue weighted by Crippen LogP contribution is 1.99. The van der Waals surface area contributed by atoms with Gasteiger partial charge in [0.25, 0.3) is 0 Å². The summed E-state index contributed by atoms with van der Waals surface area (Å²) in [5.41, 5.74) is 0. The predicted molar refractivity (Wildman–Crippen MR) is 49.0 cm³/mol. The maximum atomic E-state index is 11.0. The molecule has 0 heterocycles. The van der Waals surface area contributed by atoms with Gasteiger partial charge in [-0.25, -0.2) is 4.79 Å². The van der Waals surface area contributed by atoms with Gasteiger partial charge in [0.2, 0.25) is 11.6 Å². The lowest BCUT2D eigenvalue weighted by Gasteiger charge is -2.08. The molecule has 0 fully saturated rings. The Morgan fingerprint density at radius 2 is 1.80 bits per heavy atom. The van der Waals surface area contributed by atoms with E-state index in [1.807, 2.05) is 0 Å². The average molecular weight is 218 g/mol. The number of hydrogen-bond donors (Lipinski definition) is 2. The summed E-state index contributed by atoms with van der Waals surface area (Å²) in [6.45, 7) is 2.76. The van der Waals surface area contributed by atoms with Gasteiger partial charge in [0.05, 0.1) is 13.0 Å². The molecule has 0 bridgehead atoms. The number of ether oxygens (including phenoxy) is 1. The second-order valence-corrected chi connectivity index (χ2v) is 2.94. The van der Waals surface area contributed by atoms with E-state index < -0.39 is 36.2 Å². The predicted octanol–water partition coefficient (Wildman–Crippen LogP) is -1.18. The van der Waals surface area contributed by atoms with Crippen LogP contribution in [-0.2, 0) is 19.1 Å². The fourth-order valence-corrected chi connectivity index (χ4v) is 0.831. The van der Waals surface area contributed by atoms with Crippen LogP contribution in [-0.4, -0.2) is 46.6 Å². The van der Waals surface area contributed by atoms with E-state index >= 15 is 0 Å². The van der Waals surface area contributed by atoms with Crippen LogP contribution in [0, 0.1) is 0 Å². The van der Waals surface area contributed by atoms with Gasteiger partial charge < -0.3 is 14.9 Å². The zero-order valence-electron chi connectivity index (χ0n) is 8.60. The van der Waals surface area contributed by atoms with E-state index in [2.05, 4.69) is 4.74 Å². The van der Waals surface area contributed by atoms with Gasteiger partial charge in [-0.15, -0.1) is 0 Å². The number of aliphatic hydroxyl groups is 2. The van der Waals surface area contributed by atoms with Crippen molar-refractivity contribution in [1.82, 2.24) is 0 Å². The second kappa shape index (κ2) is 6.26. The van der Waals surface area contributed by atoms with Crippen molar-refractivity contribution in [3.8, 4) is 0 Å². The molecule has 0 aliphatic rings. The van der Waals surface area contributed by atoms with Gasteiger partial charge in [0, 0.05) is 0 Å². The minimum Gasteiger partial charge on any atom is -0.464 e. The molecule has 2 unspecified atom stereocenters. The number of Topliss-reactive ketones (excluding diaryl/α,β-unsaturated/α-hetero) is 2. The molecule has 0 saturated carbocycles. The lowest BCUT2D eigenvalue weighted by atomic mass is 10.1. The van der Waals surface area contributed by atoms with Crippen LogP contribution in [0.4, 0.5) is 0 Å². The van der Waals surface area contributed by atoms with Crippen LogP contribution in [0.25, 0.3) is 0 Å². The zero-order valence-corrected chi connectivity index (χ0v) is 8.60. The van der Waals surface area contributed by atoms with Crippen molar-refractivity contribution < 1.29 is 29.3 Å². The van der Waals surface area contributed by atoms with Crippen molar-refractivity contribution in [2.45, 2.75) is 32.5 Å². The van der Waals surface area contributed by atoms with Crippen molar-refractivity contribution in [1.29, 1.82) is 0 Å². The molecular formula is C9H14O6. The van der Waals surface area contributed by atoms with E-state index in [9.17, 15) is 14.4 Å². The van der Waals surface area contributed by atoms with Crippen LogP contribution in [0.2, 0.25) is 0 Å². The molecule has 0 aliphatic carbocycles. The van der Waals surface area contributed by atoms with Gasteiger partial charge in [-0.05, 0) is 13.8 Å². The van der Waals surface area contributed by atoms with Crippen LogP contribution in [0.15, 0.2) is 0 Å². The first-order valence-electron chi connectivity index (χ1n) is 4.50. The molecule has 6 nitrogen and oxygen atoms in total. The molecule has 15 heavy (non-hydrogen) atoms. The third-order valence-corrected chi connectivity index (χ3v) is 1.59. The van der Waals surface area contributed by atoms with E-state index in [0.717, 1.165) is 6.92 Å². The Balaban J connectivity index is 4.18. The van der Waals surface area contributed by atoms with Crippen molar-refractivity contribution in [2.75, 3.05) is 6.61 Å². The molecule has 0 amide bonds. The van der Waals surface area contributed by atoms with Gasteiger partial charge in [0.1, 0.15) is 6.10 Å². The highest BCUT2D eigenvalue weighted by atomic mass is 16.5. The van der Waals surface area contributed by atoms with E-state index in [0.29, 0.717) is 0 Å². The lowest BCUT2D eigenvalue weighted by Crippen LogP contribution is -2.32. The number of esters is 1. The molecule has 86 valence electrons. The van der Waals surface area contributed by atoms with Crippen LogP contribution in [0.3, 0.4) is 0 Å². The van der Waals surface area contributed by atoms with Crippen molar-refractivity contribution in [3.63, 3.8) is 0 Å². The van der Waals surface area contributed by atoms with Crippen LogP contribution in [0.5, 0.6) is 0 Å². The van der Waals surface area contributed by atoms with E-state index in [4.69, 9.17) is 10.2 Å². The lowest BCUT2D eigenvalue weighted by molar-refractivity contribution is -0.155. The molecule has 0 rings (SSSR count). The largest absolute Gasteiger partial charge is 0.464 e. The number of carbonyl (C=O) groups is 3. The summed E-state index contributed by atoms with van der Waals surface area (Å²) < 4.78 is 4.43. The summed E-state index contributed by atoms with van der Waals surface area (Å²) in [7, 11) is 0. The Hall–Kier alpha value is -1.27. The summed E-state index contributed by atoms with van der Waals surface area (Å²) in [5.74, 6) is -2.98. The minimum atomic E-state index is -1.65. The molecule has 2 N–H and O–H groups in total. The summed E-state index contributed by atoms with van der Waals surface area (Å²) in [6.07, 6.45) is -3.74. The monoisotopic (exact) mass is 218 g/mol. The van der Waals surface area contributed by atoms with Gasteiger partial charge in [-0.2, -0.15) is 0 Å². The third kappa shape index (κ3) is 4.66. The van der Waals surface area contributed by atoms with E-state index in [1.165, 1.54) is 0 Å². The Morgan fingerprint density at radius 3 is 2.20 bits per heavy atom. The van der Waals surface area contributed by atoms with E-state index in [-0.39, 0.29) is 6.61 Å². The number of rotatable bonds is 6. The molecule has 2 atom stereocenters. The summed E-state index contributed by atoms with van der Waals surface area (Å²) in [4.78, 5) is 32.8. The Bertz CT molecular complexity index is 257. The van der Waals surface area contributed by atoms with E-state index in [1.54, 1.807) is 6.92 Å². The third-order valence-electron chi connectivity index (χ3n) is 1.59. The number of hydrogen-bond acceptors (Lipinski definition) is 6. The van der Waals surface area contributed by atoms with Crippen LogP contribution < -0.4 is 0 Å². The number of ketones is 2. The molecule has 0 aromatic carbocycles. The van der Waals surface area contributed by atoms with Crippen LogP contribution in [0.1, 0.15) is 20.3 Å². The first-order valence-corrected chi connectivity index (χ1v) is 4.50. The quantitative estimate of drug-likeness (QED) is 0.430. The smallest absolute Gasteiger partial charge is 0.335 e. The van der Waals surface area contributed by atoms with Gasteiger partial charge in [-0.1, -0.05) is 0 Å². The van der Waals surface area contributed by atoms with Crippen molar-refractivity contribution in [3.05, 3.63) is 0 Å². The molecule has 0 aliphatic heterocycles. The summed E-state index contributed by atoms with van der Waals surface area (Å²) in [5, 5.41) is 17.9. The fraction of sp³-hybridized carbons (Fsp3) is 0.667. The molecule has 0 aromatic rings. The summed E-state index contributed by atoms with van der Waals surface area (Å²) in [6, 6.07) is 0. The second-order valence-electron chi connectivity index (χ2n) is 2.94. The van der Waals surface area contributed by atoms with Crippen LogP contribution >= 0.6 is 0 Å². The zero-order chi connectivity index (χ0) is 12.0. The van der Waals surface area contributed by atoms with Gasteiger partial charge in [-0.3, -0.25) is 9.59 Å². The first kappa shape index (κ1) is 13.7. The Kier molecular flexibility index (Phi) is 5.73. The van der Waals surface area contributed by atoms with Crippen molar-refractivity contribution in [2.24, 2.45) is 0 Å². The topological polar surface area (TPSA) is 101 Å². The maximum Gasteiger partial charge on any atom is 0.335 e.